The second-order valence-corrected chi connectivity index (χ2v) is 18.4. The Morgan fingerprint density at radius 1 is 0.421 bits per heavy atom. The molecule has 0 fully saturated rings. The molecular formula is C55H52N2. The zero-order valence-corrected chi connectivity index (χ0v) is 34.2. The second kappa shape index (κ2) is 13.1. The molecule has 0 bridgehead atoms. The molecule has 3 aliphatic rings. The Kier molecular flexibility index (Phi) is 8.17. The van der Waals surface area contributed by atoms with Crippen LogP contribution in [0.3, 0.4) is 0 Å². The monoisotopic (exact) mass is 740 g/mol. The average Bonchev–Trinajstić information content (AvgIpc) is 3.45. The summed E-state index contributed by atoms with van der Waals surface area (Å²) in [6.07, 6.45) is 6.79. The summed E-state index contributed by atoms with van der Waals surface area (Å²) in [5.74, 6) is 0. The van der Waals surface area contributed by atoms with Crippen molar-refractivity contribution in [3.8, 4) is 22.3 Å². The van der Waals surface area contributed by atoms with Crippen molar-refractivity contribution in [1.82, 2.24) is 0 Å². The van der Waals surface area contributed by atoms with E-state index in [1.807, 2.05) is 0 Å². The van der Waals surface area contributed by atoms with Gasteiger partial charge in [0.25, 0.3) is 0 Å². The molecule has 1 aliphatic carbocycles. The predicted octanol–water partition coefficient (Wildman–Crippen LogP) is 14.6. The van der Waals surface area contributed by atoms with Gasteiger partial charge in [-0.25, -0.2) is 0 Å². The van der Waals surface area contributed by atoms with Gasteiger partial charge in [0.15, 0.2) is 0 Å². The molecule has 7 aromatic rings. The van der Waals surface area contributed by atoms with E-state index in [1.54, 1.807) is 0 Å². The molecule has 0 N–H and O–H groups in total. The third-order valence-electron chi connectivity index (χ3n) is 13.6. The maximum Gasteiger partial charge on any atom is 0.0490 e. The van der Waals surface area contributed by atoms with E-state index in [4.69, 9.17) is 0 Å². The van der Waals surface area contributed by atoms with E-state index in [0.717, 1.165) is 25.9 Å². The van der Waals surface area contributed by atoms with E-state index < -0.39 is 0 Å². The molecule has 2 heterocycles. The number of hydrogen-bond acceptors (Lipinski definition) is 2. The highest BCUT2D eigenvalue weighted by Crippen LogP contribution is 2.52. The van der Waals surface area contributed by atoms with Crippen LogP contribution in [0.2, 0.25) is 0 Å². The fraction of sp³-hybridized carbons (Fsp3) is 0.236. The Bertz CT molecular complexity index is 2730. The van der Waals surface area contributed by atoms with Gasteiger partial charge in [-0.15, -0.1) is 0 Å². The van der Waals surface area contributed by atoms with Gasteiger partial charge in [0, 0.05) is 46.6 Å². The molecule has 0 amide bonds. The minimum atomic E-state index is -0.0902. The Morgan fingerprint density at radius 2 is 0.947 bits per heavy atom. The van der Waals surface area contributed by atoms with Gasteiger partial charge in [-0.1, -0.05) is 169 Å². The smallest absolute Gasteiger partial charge is 0.0490 e. The van der Waals surface area contributed by atoms with Crippen LogP contribution in [0.1, 0.15) is 87.8 Å². The van der Waals surface area contributed by atoms with E-state index in [9.17, 15) is 0 Å². The first-order chi connectivity index (χ1) is 27.5. The van der Waals surface area contributed by atoms with Gasteiger partial charge in [0.1, 0.15) is 0 Å². The highest BCUT2D eigenvalue weighted by molar-refractivity contribution is 6.05. The van der Waals surface area contributed by atoms with Crippen LogP contribution in [-0.4, -0.2) is 13.1 Å². The number of rotatable bonds is 5. The standard InChI is InChI=1S/C55H52N2/c1-53(2)31-33-56(51-17-11-9-15-46(51)53)40-26-28-44-43-27-23-38(35-48(43)55(5,6)49(44)36-40)20-19-37-21-24-39(25-22-37)41-29-30-50(45-14-8-7-13-42(41)45)57-34-32-54(3,4)47-16-10-12-18-52(47)57/h7-30,35-36H,31-34H2,1-6H3/b20-19+. The Hall–Kier alpha value is -5.86. The predicted molar refractivity (Wildman–Crippen MR) is 244 cm³/mol. The second-order valence-electron chi connectivity index (χ2n) is 18.4. The van der Waals surface area contributed by atoms with Gasteiger partial charge in [0.2, 0.25) is 0 Å². The largest absolute Gasteiger partial charge is 0.341 e. The summed E-state index contributed by atoms with van der Waals surface area (Å²) in [5, 5.41) is 2.59. The minimum Gasteiger partial charge on any atom is -0.341 e. The lowest BCUT2D eigenvalue weighted by molar-refractivity contribution is 0.467. The zero-order valence-electron chi connectivity index (χ0n) is 34.2. The normalized spacial score (nSPS) is 17.3. The SMILES string of the molecule is CC1(C)CCN(c2ccc3c(c2)C(C)(C)c2cc(/C=C/c4ccc(-c5ccc(N6CCC(C)(C)c7ccccc76)c6ccccc56)cc4)ccc2-3)c2ccccc21. The summed E-state index contributed by atoms with van der Waals surface area (Å²) >= 11 is 0. The summed E-state index contributed by atoms with van der Waals surface area (Å²) in [4.78, 5) is 5.07. The molecule has 0 unspecified atom stereocenters. The average molecular weight is 741 g/mol. The van der Waals surface area contributed by atoms with Crippen molar-refractivity contribution in [2.24, 2.45) is 0 Å². The van der Waals surface area contributed by atoms with E-state index in [-0.39, 0.29) is 16.2 Å². The van der Waals surface area contributed by atoms with E-state index in [2.05, 4.69) is 209 Å². The summed E-state index contributed by atoms with van der Waals surface area (Å²) in [6, 6.07) is 54.8. The van der Waals surface area contributed by atoms with Crippen molar-refractivity contribution in [2.75, 3.05) is 22.9 Å². The summed E-state index contributed by atoms with van der Waals surface area (Å²) in [6.45, 7) is 16.3. The zero-order chi connectivity index (χ0) is 39.1. The first-order valence-corrected chi connectivity index (χ1v) is 20.8. The van der Waals surface area contributed by atoms with Crippen LogP contribution in [0.25, 0.3) is 45.2 Å². The fourth-order valence-corrected chi connectivity index (χ4v) is 10.1. The molecular weight excluding hydrogens is 689 g/mol. The van der Waals surface area contributed by atoms with Crippen LogP contribution in [0.4, 0.5) is 22.7 Å². The maximum atomic E-state index is 2.53. The van der Waals surface area contributed by atoms with Gasteiger partial charge >= 0.3 is 0 Å². The van der Waals surface area contributed by atoms with E-state index in [1.165, 1.54) is 89.2 Å². The van der Waals surface area contributed by atoms with Crippen molar-refractivity contribution < 1.29 is 0 Å². The van der Waals surface area contributed by atoms with Crippen LogP contribution in [0.15, 0.2) is 146 Å². The van der Waals surface area contributed by atoms with Crippen LogP contribution in [0.5, 0.6) is 0 Å². The van der Waals surface area contributed by atoms with Crippen LogP contribution < -0.4 is 9.80 Å². The number of anilines is 4. The summed E-state index contributed by atoms with van der Waals surface area (Å²) in [5.41, 5.74) is 18.9. The van der Waals surface area contributed by atoms with Crippen LogP contribution >= 0.6 is 0 Å². The Balaban J connectivity index is 0.906. The molecule has 0 saturated heterocycles. The van der Waals surface area contributed by atoms with Crippen molar-refractivity contribution in [2.45, 2.75) is 70.6 Å². The maximum absolute atomic E-state index is 2.53. The topological polar surface area (TPSA) is 6.48 Å². The fourth-order valence-electron chi connectivity index (χ4n) is 10.1. The van der Waals surface area contributed by atoms with Crippen molar-refractivity contribution in [3.63, 3.8) is 0 Å². The molecule has 282 valence electrons. The number of fused-ring (bicyclic) bond motifs is 6. The third-order valence-corrected chi connectivity index (χ3v) is 13.6. The van der Waals surface area contributed by atoms with E-state index in [0.29, 0.717) is 0 Å². The molecule has 0 radical (unpaired) electrons. The first-order valence-electron chi connectivity index (χ1n) is 20.8. The molecule has 0 spiro atoms. The summed E-state index contributed by atoms with van der Waals surface area (Å²) in [7, 11) is 0. The molecule has 0 aromatic heterocycles. The molecule has 2 heteroatoms. The number of benzene rings is 7. The quantitative estimate of drug-likeness (QED) is 0.162. The number of hydrogen-bond donors (Lipinski definition) is 0. The Labute approximate surface area is 339 Å². The molecule has 7 aromatic carbocycles. The lowest BCUT2D eigenvalue weighted by Crippen LogP contribution is -2.34. The highest BCUT2D eigenvalue weighted by atomic mass is 15.2. The van der Waals surface area contributed by atoms with Crippen LogP contribution in [0, 0.1) is 0 Å². The van der Waals surface area contributed by atoms with E-state index >= 15 is 0 Å². The van der Waals surface area contributed by atoms with Gasteiger partial charge in [-0.3, -0.25) is 0 Å². The van der Waals surface area contributed by atoms with Crippen LogP contribution in [-0.2, 0) is 16.2 Å². The lowest BCUT2D eigenvalue weighted by Gasteiger charge is -2.40. The van der Waals surface area contributed by atoms with Gasteiger partial charge < -0.3 is 9.80 Å². The Morgan fingerprint density at radius 3 is 1.65 bits per heavy atom. The lowest BCUT2D eigenvalue weighted by atomic mass is 9.77. The van der Waals surface area contributed by atoms with Crippen molar-refractivity contribution in [3.05, 3.63) is 179 Å². The minimum absolute atomic E-state index is 0.0902. The van der Waals surface area contributed by atoms with Crippen molar-refractivity contribution >= 4 is 45.7 Å². The molecule has 2 aliphatic heterocycles. The third kappa shape index (κ3) is 5.83. The molecule has 10 rings (SSSR count). The summed E-state index contributed by atoms with van der Waals surface area (Å²) < 4.78 is 0. The molecule has 2 nitrogen and oxygen atoms in total. The first kappa shape index (κ1) is 35.5. The van der Waals surface area contributed by atoms with Crippen molar-refractivity contribution in [1.29, 1.82) is 0 Å². The molecule has 57 heavy (non-hydrogen) atoms. The van der Waals surface area contributed by atoms with Gasteiger partial charge in [0.05, 0.1) is 0 Å². The molecule has 0 saturated carbocycles. The molecule has 0 atom stereocenters. The van der Waals surface area contributed by atoms with Gasteiger partial charge in [-0.2, -0.15) is 0 Å². The van der Waals surface area contributed by atoms with Gasteiger partial charge in [-0.05, 0) is 115 Å². The number of para-hydroxylation sites is 2. The highest BCUT2D eigenvalue weighted by Gasteiger charge is 2.37. The number of nitrogens with zero attached hydrogens (tertiary/aromatic N) is 2.